The molecule has 1 rings (SSSR count). The van der Waals surface area contributed by atoms with Crippen molar-refractivity contribution in [1.82, 2.24) is 10.1 Å². The van der Waals surface area contributed by atoms with Gasteiger partial charge in [-0.15, -0.1) is 0 Å². The van der Waals surface area contributed by atoms with E-state index in [0.29, 0.717) is 0 Å². The number of hydrogen-bond acceptors (Lipinski definition) is 8. The fraction of sp³-hybridized carbons (Fsp3) is 0.200. The van der Waals surface area contributed by atoms with Crippen molar-refractivity contribution in [2.75, 3.05) is 6.61 Å². The van der Waals surface area contributed by atoms with E-state index in [9.17, 15) is 18.0 Å². The second-order valence-electron chi connectivity index (χ2n) is 3.81. The van der Waals surface area contributed by atoms with E-state index in [1.807, 2.05) is 0 Å². The van der Waals surface area contributed by atoms with Crippen molar-refractivity contribution in [1.29, 1.82) is 0 Å². The fourth-order valence-electron chi connectivity index (χ4n) is 1.32. The maximum Gasteiger partial charge on any atom is 0.335 e. The van der Waals surface area contributed by atoms with Crippen LogP contribution in [-0.2, 0) is 19.7 Å². The molecule has 0 spiro atoms. The maximum atomic E-state index is 12.0. The molecule has 10 nitrogen and oxygen atoms in total. The average Bonchev–Trinajstić information content (AvgIpc) is 2.37. The highest BCUT2D eigenvalue weighted by Gasteiger charge is 2.22. The van der Waals surface area contributed by atoms with Gasteiger partial charge in [-0.25, -0.2) is 17.9 Å². The summed E-state index contributed by atoms with van der Waals surface area (Å²) in [5.74, 6) is -2.38. The van der Waals surface area contributed by atoms with Gasteiger partial charge in [-0.1, -0.05) is 11.6 Å². The predicted octanol–water partition coefficient (Wildman–Crippen LogP) is 0.245. The Balaban J connectivity index is 2.88. The summed E-state index contributed by atoms with van der Waals surface area (Å²) in [6.07, 6.45) is -0.507. The van der Waals surface area contributed by atoms with Crippen LogP contribution in [0.3, 0.4) is 0 Å². The minimum atomic E-state index is -4.39. The molecule has 0 saturated carbocycles. The number of nitrogens with one attached hydrogen (secondary N) is 1. The summed E-state index contributed by atoms with van der Waals surface area (Å²) in [6, 6.07) is 2.99. The van der Waals surface area contributed by atoms with Crippen LogP contribution < -0.4 is 4.72 Å². The minimum Gasteiger partial charge on any atom is -0.478 e. The van der Waals surface area contributed by atoms with E-state index in [-0.39, 0.29) is 10.6 Å². The van der Waals surface area contributed by atoms with E-state index >= 15 is 0 Å². The first kappa shape index (κ1) is 18.3. The molecule has 0 aliphatic rings. The molecular formula is C10H11ClN2O8S. The number of sulfonamides is 1. The van der Waals surface area contributed by atoms with Crippen LogP contribution in [0.25, 0.3) is 0 Å². The molecule has 0 saturated heterocycles. The van der Waals surface area contributed by atoms with Gasteiger partial charge in [-0.2, -0.15) is 0 Å². The second-order valence-corrected chi connectivity index (χ2v) is 5.87. The highest BCUT2D eigenvalue weighted by Crippen LogP contribution is 2.22. The Bertz CT molecular complexity index is 676. The fourth-order valence-corrected chi connectivity index (χ4v) is 2.86. The zero-order valence-corrected chi connectivity index (χ0v) is 12.3. The third kappa shape index (κ3) is 5.22. The van der Waals surface area contributed by atoms with Crippen LogP contribution in [0.2, 0.25) is 5.02 Å². The lowest BCUT2D eigenvalue weighted by atomic mass is 10.2. The van der Waals surface area contributed by atoms with E-state index in [4.69, 9.17) is 27.1 Å². The lowest BCUT2D eigenvalue weighted by Gasteiger charge is -2.10. The van der Waals surface area contributed by atoms with Crippen molar-refractivity contribution in [3.05, 3.63) is 28.8 Å². The molecule has 1 aromatic carbocycles. The van der Waals surface area contributed by atoms with Crippen molar-refractivity contribution < 1.29 is 38.4 Å². The van der Waals surface area contributed by atoms with E-state index < -0.39 is 45.2 Å². The first-order chi connectivity index (χ1) is 10.1. The number of benzene rings is 1. The molecule has 1 aromatic rings. The van der Waals surface area contributed by atoms with Crippen molar-refractivity contribution in [2.24, 2.45) is 0 Å². The lowest BCUT2D eigenvalue weighted by Crippen LogP contribution is -2.32. The zero-order valence-electron chi connectivity index (χ0n) is 10.8. The Hall–Kier alpha value is -1.76. The number of carbonyl (C=O) groups excluding carboxylic acids is 1. The Morgan fingerprint density at radius 3 is 2.50 bits per heavy atom. The van der Waals surface area contributed by atoms with Crippen LogP contribution in [-0.4, -0.2) is 47.8 Å². The van der Waals surface area contributed by atoms with Gasteiger partial charge in [0.05, 0.1) is 29.0 Å². The molecule has 0 aliphatic heterocycles. The molecule has 0 fully saturated rings. The predicted molar refractivity (Wildman–Crippen MR) is 69.7 cm³/mol. The molecule has 122 valence electrons. The van der Waals surface area contributed by atoms with Gasteiger partial charge in [0.15, 0.2) is 0 Å². The standard InChI is InChI=1S/C10H11ClN2O8S/c11-7-2-1-6(10(15)16)5-8(7)22(19,20)12-9(14)3-4-21-13(17)18/h1-2,5,17-18H,3-4H2,(H,12,14)(H,15,16). The molecule has 0 unspecified atom stereocenters. The molecule has 4 N–H and O–H groups in total. The summed E-state index contributed by atoms with van der Waals surface area (Å²) < 4.78 is 25.6. The number of carbonyl (C=O) groups is 2. The molecule has 0 aromatic heterocycles. The first-order valence-corrected chi connectivity index (χ1v) is 7.39. The molecule has 0 aliphatic carbocycles. The summed E-state index contributed by atoms with van der Waals surface area (Å²) in [5, 5.41) is 24.4. The monoisotopic (exact) mass is 354 g/mol. The minimum absolute atomic E-state index is 0.265. The molecule has 0 bridgehead atoms. The number of halogens is 1. The Labute approximate surface area is 129 Å². The Kier molecular flexibility index (Phi) is 6.22. The number of aromatic carboxylic acids is 1. The third-order valence-electron chi connectivity index (χ3n) is 2.25. The highest BCUT2D eigenvalue weighted by molar-refractivity contribution is 7.90. The summed E-state index contributed by atoms with van der Waals surface area (Å²) in [4.78, 5) is 25.8. The van der Waals surface area contributed by atoms with Gasteiger partial charge in [0.25, 0.3) is 10.0 Å². The lowest BCUT2D eigenvalue weighted by molar-refractivity contribution is -0.491. The van der Waals surface area contributed by atoms with Gasteiger partial charge in [-0.3, -0.25) is 20.0 Å². The maximum absolute atomic E-state index is 12.0. The number of carboxylic acid groups (broad SMARTS) is 1. The molecular weight excluding hydrogens is 344 g/mol. The molecule has 12 heteroatoms. The molecule has 0 heterocycles. The van der Waals surface area contributed by atoms with Gasteiger partial charge in [0.1, 0.15) is 4.90 Å². The number of hydrogen-bond donors (Lipinski definition) is 4. The van der Waals surface area contributed by atoms with Crippen LogP contribution in [0.4, 0.5) is 0 Å². The van der Waals surface area contributed by atoms with Crippen molar-refractivity contribution in [3.63, 3.8) is 0 Å². The quantitative estimate of drug-likeness (QED) is 0.504. The van der Waals surface area contributed by atoms with Crippen LogP contribution in [0.15, 0.2) is 23.1 Å². The first-order valence-electron chi connectivity index (χ1n) is 5.53. The average molecular weight is 355 g/mol. The topological polar surface area (TPSA) is 153 Å². The van der Waals surface area contributed by atoms with E-state index in [0.717, 1.165) is 18.2 Å². The Morgan fingerprint density at radius 2 is 1.95 bits per heavy atom. The zero-order chi connectivity index (χ0) is 16.9. The SMILES string of the molecule is O=C(CCON(O)O)NS(=O)(=O)c1cc(C(=O)O)ccc1Cl. The highest BCUT2D eigenvalue weighted by atomic mass is 35.5. The number of rotatable bonds is 7. The molecule has 0 radical (unpaired) electrons. The van der Waals surface area contributed by atoms with Gasteiger partial charge in [-0.05, 0) is 18.2 Å². The van der Waals surface area contributed by atoms with Crippen molar-refractivity contribution in [3.8, 4) is 0 Å². The summed E-state index contributed by atoms with van der Waals surface area (Å²) in [7, 11) is -4.39. The van der Waals surface area contributed by atoms with E-state index in [2.05, 4.69) is 4.84 Å². The van der Waals surface area contributed by atoms with Crippen molar-refractivity contribution in [2.45, 2.75) is 11.3 Å². The van der Waals surface area contributed by atoms with Gasteiger partial charge >= 0.3 is 5.97 Å². The van der Waals surface area contributed by atoms with E-state index in [1.54, 1.807) is 4.72 Å². The number of carboxylic acids is 1. The van der Waals surface area contributed by atoms with Crippen molar-refractivity contribution >= 4 is 33.5 Å². The molecule has 1 amide bonds. The van der Waals surface area contributed by atoms with Gasteiger partial charge in [0, 0.05) is 0 Å². The smallest absolute Gasteiger partial charge is 0.335 e. The van der Waals surface area contributed by atoms with Crippen LogP contribution in [0.1, 0.15) is 16.8 Å². The van der Waals surface area contributed by atoms with Gasteiger partial charge in [0.2, 0.25) is 5.91 Å². The summed E-state index contributed by atoms with van der Waals surface area (Å²) >= 11 is 5.69. The van der Waals surface area contributed by atoms with Crippen LogP contribution in [0, 0.1) is 0 Å². The normalized spacial score (nSPS) is 11.5. The third-order valence-corrected chi connectivity index (χ3v) is 4.11. The molecule has 0 atom stereocenters. The summed E-state index contributed by atoms with van der Waals surface area (Å²) in [5.41, 5.74) is -0.322. The number of nitrogens with zero attached hydrogens (tertiary/aromatic N) is 1. The van der Waals surface area contributed by atoms with Gasteiger partial charge < -0.3 is 5.11 Å². The van der Waals surface area contributed by atoms with E-state index in [1.165, 1.54) is 0 Å². The summed E-state index contributed by atoms with van der Waals surface area (Å²) in [6.45, 7) is -0.503. The second kappa shape index (κ2) is 7.49. The number of amides is 1. The molecule has 22 heavy (non-hydrogen) atoms. The van der Waals surface area contributed by atoms with Crippen LogP contribution >= 0.6 is 11.6 Å². The Morgan fingerprint density at radius 1 is 1.32 bits per heavy atom. The largest absolute Gasteiger partial charge is 0.478 e. The van der Waals surface area contributed by atoms with Crippen LogP contribution in [0.5, 0.6) is 0 Å².